The SMILES string of the molecule is CC(N)C(Sc1ncn[nH]1)c1cccc(Cl)c1. The number of aromatic amines is 1. The van der Waals surface area contributed by atoms with E-state index in [-0.39, 0.29) is 11.3 Å². The van der Waals surface area contributed by atoms with Gasteiger partial charge < -0.3 is 5.73 Å². The minimum atomic E-state index is -0.0106. The summed E-state index contributed by atoms with van der Waals surface area (Å²) in [5.74, 6) is 0. The van der Waals surface area contributed by atoms with Crippen LogP contribution in [-0.2, 0) is 0 Å². The molecule has 0 fully saturated rings. The van der Waals surface area contributed by atoms with Crippen LogP contribution >= 0.6 is 23.4 Å². The summed E-state index contributed by atoms with van der Waals surface area (Å²) in [6, 6.07) is 7.71. The second-order valence-electron chi connectivity index (χ2n) is 3.74. The maximum absolute atomic E-state index is 6.01. The van der Waals surface area contributed by atoms with E-state index in [0.717, 1.165) is 10.7 Å². The van der Waals surface area contributed by atoms with Gasteiger partial charge in [-0.15, -0.1) is 0 Å². The lowest BCUT2D eigenvalue weighted by Gasteiger charge is -2.19. The van der Waals surface area contributed by atoms with Gasteiger partial charge in [0, 0.05) is 11.1 Å². The third-order valence-corrected chi connectivity index (χ3v) is 3.90. The molecule has 90 valence electrons. The smallest absolute Gasteiger partial charge is 0.184 e. The lowest BCUT2D eigenvalue weighted by Crippen LogP contribution is -2.22. The van der Waals surface area contributed by atoms with Gasteiger partial charge in [-0.2, -0.15) is 5.10 Å². The molecule has 2 aromatic rings. The van der Waals surface area contributed by atoms with Crippen LogP contribution in [0.1, 0.15) is 17.7 Å². The number of halogens is 1. The molecular weight excluding hydrogens is 256 g/mol. The largest absolute Gasteiger partial charge is 0.327 e. The number of rotatable bonds is 4. The molecule has 0 saturated carbocycles. The molecular formula is C11H13ClN4S. The van der Waals surface area contributed by atoms with Gasteiger partial charge in [-0.3, -0.25) is 5.10 Å². The number of H-pyrrole nitrogens is 1. The molecule has 1 heterocycles. The highest BCUT2D eigenvalue weighted by atomic mass is 35.5. The van der Waals surface area contributed by atoms with Gasteiger partial charge >= 0.3 is 0 Å². The van der Waals surface area contributed by atoms with Crippen molar-refractivity contribution in [2.45, 2.75) is 23.4 Å². The van der Waals surface area contributed by atoms with Gasteiger partial charge in [0.05, 0.1) is 5.25 Å². The molecule has 0 saturated heterocycles. The molecule has 0 spiro atoms. The van der Waals surface area contributed by atoms with E-state index in [1.165, 1.54) is 6.33 Å². The van der Waals surface area contributed by atoms with Crippen molar-refractivity contribution in [2.24, 2.45) is 5.73 Å². The number of nitrogens with two attached hydrogens (primary N) is 1. The van der Waals surface area contributed by atoms with Crippen molar-refractivity contribution in [1.29, 1.82) is 0 Å². The average molecular weight is 269 g/mol. The van der Waals surface area contributed by atoms with E-state index in [1.807, 2.05) is 31.2 Å². The number of thioether (sulfide) groups is 1. The molecule has 0 aliphatic carbocycles. The van der Waals surface area contributed by atoms with Crippen LogP contribution in [0.15, 0.2) is 35.7 Å². The van der Waals surface area contributed by atoms with E-state index >= 15 is 0 Å². The number of hydrogen-bond acceptors (Lipinski definition) is 4. The first kappa shape index (κ1) is 12.4. The zero-order chi connectivity index (χ0) is 12.3. The topological polar surface area (TPSA) is 67.6 Å². The van der Waals surface area contributed by atoms with E-state index < -0.39 is 0 Å². The first-order valence-electron chi connectivity index (χ1n) is 5.20. The Bertz CT molecular complexity index is 472. The van der Waals surface area contributed by atoms with Crippen molar-refractivity contribution in [1.82, 2.24) is 15.2 Å². The zero-order valence-corrected chi connectivity index (χ0v) is 10.9. The van der Waals surface area contributed by atoms with Crippen molar-refractivity contribution < 1.29 is 0 Å². The predicted molar refractivity (Wildman–Crippen MR) is 70.1 cm³/mol. The maximum Gasteiger partial charge on any atom is 0.184 e. The van der Waals surface area contributed by atoms with E-state index in [0.29, 0.717) is 5.02 Å². The number of benzene rings is 1. The predicted octanol–water partition coefficient (Wildman–Crippen LogP) is 2.64. The Morgan fingerprint density at radius 1 is 1.47 bits per heavy atom. The molecule has 2 rings (SSSR count). The first-order valence-corrected chi connectivity index (χ1v) is 6.45. The van der Waals surface area contributed by atoms with Crippen molar-refractivity contribution >= 4 is 23.4 Å². The molecule has 0 bridgehead atoms. The fourth-order valence-electron chi connectivity index (χ4n) is 1.53. The summed E-state index contributed by atoms with van der Waals surface area (Å²) >= 11 is 7.54. The number of hydrogen-bond donors (Lipinski definition) is 2. The third kappa shape index (κ3) is 3.21. The normalized spacial score (nSPS) is 14.5. The summed E-state index contributed by atoms with van der Waals surface area (Å²) < 4.78 is 0. The Balaban J connectivity index is 2.23. The van der Waals surface area contributed by atoms with Crippen LogP contribution in [0.25, 0.3) is 0 Å². The average Bonchev–Trinajstić information content (AvgIpc) is 2.78. The molecule has 2 atom stereocenters. The van der Waals surface area contributed by atoms with Crippen LogP contribution in [0.4, 0.5) is 0 Å². The molecule has 17 heavy (non-hydrogen) atoms. The van der Waals surface area contributed by atoms with E-state index in [9.17, 15) is 0 Å². The second-order valence-corrected chi connectivity index (χ2v) is 5.31. The van der Waals surface area contributed by atoms with Crippen molar-refractivity contribution in [3.8, 4) is 0 Å². The monoisotopic (exact) mass is 268 g/mol. The quantitative estimate of drug-likeness (QED) is 0.837. The molecule has 1 aromatic carbocycles. The molecule has 2 unspecified atom stereocenters. The van der Waals surface area contributed by atoms with Crippen molar-refractivity contribution in [3.63, 3.8) is 0 Å². The lowest BCUT2D eigenvalue weighted by molar-refractivity contribution is 0.718. The highest BCUT2D eigenvalue weighted by Gasteiger charge is 2.19. The van der Waals surface area contributed by atoms with E-state index in [1.54, 1.807) is 11.8 Å². The Morgan fingerprint density at radius 2 is 2.29 bits per heavy atom. The summed E-state index contributed by atoms with van der Waals surface area (Å²) in [5.41, 5.74) is 7.10. The van der Waals surface area contributed by atoms with Crippen LogP contribution in [0, 0.1) is 0 Å². The fraction of sp³-hybridized carbons (Fsp3) is 0.273. The lowest BCUT2D eigenvalue weighted by atomic mass is 10.1. The van der Waals surface area contributed by atoms with Gasteiger partial charge in [-0.25, -0.2) is 4.98 Å². The Morgan fingerprint density at radius 3 is 2.88 bits per heavy atom. The van der Waals surface area contributed by atoms with Crippen LogP contribution in [0.5, 0.6) is 0 Å². The molecule has 0 aliphatic heterocycles. The molecule has 3 N–H and O–H groups in total. The van der Waals surface area contributed by atoms with Crippen LogP contribution in [-0.4, -0.2) is 21.2 Å². The maximum atomic E-state index is 6.01. The first-order chi connectivity index (χ1) is 8.16. The summed E-state index contributed by atoms with van der Waals surface area (Å²) in [6.07, 6.45) is 1.48. The van der Waals surface area contributed by atoms with Crippen LogP contribution < -0.4 is 5.73 Å². The molecule has 0 radical (unpaired) electrons. The minimum Gasteiger partial charge on any atom is -0.327 e. The standard InChI is InChI=1S/C11H13ClN4S/c1-7(13)10(17-11-14-6-15-16-11)8-3-2-4-9(12)5-8/h2-7,10H,13H2,1H3,(H,14,15,16). The Hall–Kier alpha value is -1.04. The Kier molecular flexibility index (Phi) is 4.04. The van der Waals surface area contributed by atoms with E-state index in [4.69, 9.17) is 17.3 Å². The van der Waals surface area contributed by atoms with E-state index in [2.05, 4.69) is 15.2 Å². The van der Waals surface area contributed by atoms with Gasteiger partial charge in [0.15, 0.2) is 5.16 Å². The summed E-state index contributed by atoms with van der Waals surface area (Å²) in [7, 11) is 0. The summed E-state index contributed by atoms with van der Waals surface area (Å²) in [6.45, 7) is 1.97. The third-order valence-electron chi connectivity index (χ3n) is 2.29. The number of nitrogens with zero attached hydrogens (tertiary/aromatic N) is 2. The van der Waals surface area contributed by atoms with Gasteiger partial charge in [0.2, 0.25) is 0 Å². The highest BCUT2D eigenvalue weighted by molar-refractivity contribution is 7.99. The molecule has 6 heteroatoms. The number of nitrogens with one attached hydrogen (secondary N) is 1. The van der Waals surface area contributed by atoms with Crippen molar-refractivity contribution in [2.75, 3.05) is 0 Å². The zero-order valence-electron chi connectivity index (χ0n) is 9.30. The molecule has 1 aromatic heterocycles. The highest BCUT2D eigenvalue weighted by Crippen LogP contribution is 2.35. The summed E-state index contributed by atoms with van der Waals surface area (Å²) in [5, 5.41) is 8.21. The minimum absolute atomic E-state index is 0.0106. The summed E-state index contributed by atoms with van der Waals surface area (Å²) in [4.78, 5) is 4.09. The van der Waals surface area contributed by atoms with Crippen LogP contribution in [0.2, 0.25) is 5.02 Å². The number of aromatic nitrogens is 3. The van der Waals surface area contributed by atoms with Crippen LogP contribution in [0.3, 0.4) is 0 Å². The molecule has 4 nitrogen and oxygen atoms in total. The van der Waals surface area contributed by atoms with Gasteiger partial charge in [0.25, 0.3) is 0 Å². The van der Waals surface area contributed by atoms with Gasteiger partial charge in [0.1, 0.15) is 6.33 Å². The van der Waals surface area contributed by atoms with Gasteiger partial charge in [-0.05, 0) is 24.6 Å². The van der Waals surface area contributed by atoms with Crippen molar-refractivity contribution in [3.05, 3.63) is 41.2 Å². The Labute approximate surface area is 109 Å². The fourth-order valence-corrected chi connectivity index (χ4v) is 2.68. The second kappa shape index (κ2) is 5.53. The van der Waals surface area contributed by atoms with Gasteiger partial charge in [-0.1, -0.05) is 35.5 Å². The molecule has 0 aliphatic rings. The molecule has 0 amide bonds.